The first-order chi connectivity index (χ1) is 11.5. The molecule has 3 heterocycles. The van der Waals surface area contributed by atoms with Crippen molar-refractivity contribution < 1.29 is 4.79 Å². The Hall–Kier alpha value is -2.74. The summed E-state index contributed by atoms with van der Waals surface area (Å²) in [7, 11) is 0. The molecule has 0 aliphatic carbocycles. The lowest BCUT2D eigenvalue weighted by atomic mass is 10.1. The van der Waals surface area contributed by atoms with Crippen molar-refractivity contribution >= 4 is 23.1 Å². The number of nitrogens with one attached hydrogen (secondary N) is 1. The van der Waals surface area contributed by atoms with Crippen LogP contribution in [0.15, 0.2) is 24.7 Å². The summed E-state index contributed by atoms with van der Waals surface area (Å²) >= 11 is 0. The van der Waals surface area contributed by atoms with Crippen molar-refractivity contribution in [2.75, 3.05) is 29.0 Å². The minimum atomic E-state index is -0.403. The molecule has 1 fully saturated rings. The second kappa shape index (κ2) is 6.79. The third-order valence-corrected chi connectivity index (χ3v) is 3.98. The van der Waals surface area contributed by atoms with Crippen molar-refractivity contribution in [3.63, 3.8) is 0 Å². The molecular formula is C16H21N7O. The summed E-state index contributed by atoms with van der Waals surface area (Å²) in [6.45, 7) is 3.40. The molecule has 1 aliphatic rings. The molecule has 0 spiro atoms. The molecule has 126 valence electrons. The summed E-state index contributed by atoms with van der Waals surface area (Å²) in [5, 5.41) is 2.84. The zero-order chi connectivity index (χ0) is 17.1. The van der Waals surface area contributed by atoms with Gasteiger partial charge in [0.1, 0.15) is 0 Å². The molecule has 1 amide bonds. The number of aromatic nitrogens is 3. The molecule has 5 N–H and O–H groups in total. The van der Waals surface area contributed by atoms with Crippen LogP contribution in [0.4, 0.5) is 17.2 Å². The second-order valence-electron chi connectivity index (χ2n) is 5.94. The van der Waals surface area contributed by atoms with Crippen LogP contribution in [0.1, 0.15) is 29.0 Å². The summed E-state index contributed by atoms with van der Waals surface area (Å²) in [4.78, 5) is 26.9. The molecule has 8 heteroatoms. The molecule has 1 saturated heterocycles. The standard InChI is InChI=1S/C16H21N7O/c1-10-7-20-15(18)14(21-10)16(24)22-12-8-19-5-4-13(12)23-6-2-3-11(17)9-23/h4-5,7-8,11H,2-3,6,9,17H2,1H3,(H2,18,20)(H,22,24). The molecule has 1 unspecified atom stereocenters. The van der Waals surface area contributed by atoms with E-state index >= 15 is 0 Å². The fourth-order valence-electron chi connectivity index (χ4n) is 2.82. The summed E-state index contributed by atoms with van der Waals surface area (Å²) in [6.07, 6.45) is 6.88. The first kappa shape index (κ1) is 16.1. The predicted molar refractivity (Wildman–Crippen MR) is 92.8 cm³/mol. The first-order valence-corrected chi connectivity index (χ1v) is 7.89. The van der Waals surface area contributed by atoms with Gasteiger partial charge < -0.3 is 21.7 Å². The number of piperidine rings is 1. The van der Waals surface area contributed by atoms with Crippen LogP contribution < -0.4 is 21.7 Å². The van der Waals surface area contributed by atoms with E-state index in [0.29, 0.717) is 11.4 Å². The lowest BCUT2D eigenvalue weighted by Crippen LogP contribution is -2.43. The lowest BCUT2D eigenvalue weighted by molar-refractivity contribution is 0.102. The van der Waals surface area contributed by atoms with Crippen LogP contribution in [0, 0.1) is 6.92 Å². The van der Waals surface area contributed by atoms with E-state index in [0.717, 1.165) is 31.6 Å². The van der Waals surface area contributed by atoms with Crippen LogP contribution in [-0.4, -0.2) is 40.0 Å². The molecule has 1 atom stereocenters. The number of nitrogens with two attached hydrogens (primary N) is 2. The molecular weight excluding hydrogens is 306 g/mol. The Morgan fingerprint density at radius 1 is 1.42 bits per heavy atom. The number of amides is 1. The smallest absolute Gasteiger partial charge is 0.278 e. The van der Waals surface area contributed by atoms with E-state index in [1.807, 2.05) is 6.07 Å². The molecule has 0 radical (unpaired) electrons. The maximum atomic E-state index is 12.5. The normalized spacial score (nSPS) is 17.6. The predicted octanol–water partition coefficient (Wildman–Crippen LogP) is 0.942. The summed E-state index contributed by atoms with van der Waals surface area (Å²) in [6, 6.07) is 2.01. The molecule has 0 aromatic carbocycles. The maximum absolute atomic E-state index is 12.5. The van der Waals surface area contributed by atoms with Gasteiger partial charge in [0.25, 0.3) is 5.91 Å². The van der Waals surface area contributed by atoms with Gasteiger partial charge in [-0.15, -0.1) is 0 Å². The highest BCUT2D eigenvalue weighted by Gasteiger charge is 2.21. The molecule has 2 aromatic heterocycles. The van der Waals surface area contributed by atoms with Gasteiger partial charge in [-0.1, -0.05) is 0 Å². The third kappa shape index (κ3) is 3.43. The zero-order valence-electron chi connectivity index (χ0n) is 13.6. The van der Waals surface area contributed by atoms with Crippen LogP contribution in [0.5, 0.6) is 0 Å². The summed E-state index contributed by atoms with van der Waals surface area (Å²) in [5.74, 6) is -0.303. The first-order valence-electron chi connectivity index (χ1n) is 7.89. The van der Waals surface area contributed by atoms with E-state index in [4.69, 9.17) is 11.5 Å². The third-order valence-electron chi connectivity index (χ3n) is 3.98. The van der Waals surface area contributed by atoms with Gasteiger partial charge in [0.05, 0.1) is 29.5 Å². The van der Waals surface area contributed by atoms with Gasteiger partial charge in [0.15, 0.2) is 11.5 Å². The number of rotatable bonds is 3. The molecule has 0 bridgehead atoms. The highest BCUT2D eigenvalue weighted by atomic mass is 16.1. The fourth-order valence-corrected chi connectivity index (χ4v) is 2.82. The Morgan fingerprint density at radius 3 is 3.04 bits per heavy atom. The van der Waals surface area contributed by atoms with Crippen molar-refractivity contribution in [2.45, 2.75) is 25.8 Å². The van der Waals surface area contributed by atoms with Crippen molar-refractivity contribution in [3.05, 3.63) is 36.0 Å². The van der Waals surface area contributed by atoms with Gasteiger partial charge >= 0.3 is 0 Å². The Bertz CT molecular complexity index is 749. The van der Waals surface area contributed by atoms with Gasteiger partial charge in [0, 0.05) is 25.3 Å². The van der Waals surface area contributed by atoms with Crippen LogP contribution >= 0.6 is 0 Å². The number of nitrogens with zero attached hydrogens (tertiary/aromatic N) is 4. The minimum absolute atomic E-state index is 0.100. The minimum Gasteiger partial charge on any atom is -0.382 e. The largest absolute Gasteiger partial charge is 0.382 e. The van der Waals surface area contributed by atoms with E-state index < -0.39 is 5.91 Å². The molecule has 3 rings (SSSR count). The number of hydrogen-bond donors (Lipinski definition) is 3. The number of carbonyl (C=O) groups excluding carboxylic acids is 1. The Kier molecular flexibility index (Phi) is 4.57. The monoisotopic (exact) mass is 327 g/mol. The average Bonchev–Trinajstić information content (AvgIpc) is 2.57. The quantitative estimate of drug-likeness (QED) is 0.766. The number of aryl methyl sites for hydroxylation is 1. The van der Waals surface area contributed by atoms with Gasteiger partial charge in [0.2, 0.25) is 0 Å². The molecule has 0 saturated carbocycles. The van der Waals surface area contributed by atoms with E-state index in [1.165, 1.54) is 6.20 Å². The SMILES string of the molecule is Cc1cnc(N)c(C(=O)Nc2cnccc2N2CCCC(N)C2)n1. The Labute approximate surface area is 140 Å². The van der Waals surface area contributed by atoms with Gasteiger partial charge in [-0.2, -0.15) is 0 Å². The van der Waals surface area contributed by atoms with Gasteiger partial charge in [-0.05, 0) is 25.8 Å². The topological polar surface area (TPSA) is 123 Å². The van der Waals surface area contributed by atoms with E-state index in [9.17, 15) is 4.79 Å². The van der Waals surface area contributed by atoms with Crippen molar-refractivity contribution in [1.82, 2.24) is 15.0 Å². The summed E-state index contributed by atoms with van der Waals surface area (Å²) < 4.78 is 0. The van der Waals surface area contributed by atoms with Crippen LogP contribution in [-0.2, 0) is 0 Å². The highest BCUT2D eigenvalue weighted by Crippen LogP contribution is 2.27. The number of carbonyl (C=O) groups is 1. The van der Waals surface area contributed by atoms with E-state index in [1.54, 1.807) is 19.3 Å². The van der Waals surface area contributed by atoms with Gasteiger partial charge in [-0.3, -0.25) is 9.78 Å². The average molecular weight is 327 g/mol. The highest BCUT2D eigenvalue weighted by molar-refractivity contribution is 6.07. The molecule has 2 aromatic rings. The Balaban J connectivity index is 1.85. The van der Waals surface area contributed by atoms with Crippen LogP contribution in [0.2, 0.25) is 0 Å². The lowest BCUT2D eigenvalue weighted by Gasteiger charge is -2.33. The van der Waals surface area contributed by atoms with Crippen molar-refractivity contribution in [3.8, 4) is 0 Å². The number of pyridine rings is 1. The van der Waals surface area contributed by atoms with Crippen LogP contribution in [0.3, 0.4) is 0 Å². The molecule has 24 heavy (non-hydrogen) atoms. The van der Waals surface area contributed by atoms with Crippen molar-refractivity contribution in [1.29, 1.82) is 0 Å². The van der Waals surface area contributed by atoms with E-state index in [2.05, 4.69) is 25.2 Å². The summed E-state index contributed by atoms with van der Waals surface area (Å²) in [5.41, 5.74) is 14.1. The molecule has 8 nitrogen and oxygen atoms in total. The second-order valence-corrected chi connectivity index (χ2v) is 5.94. The van der Waals surface area contributed by atoms with Crippen LogP contribution in [0.25, 0.3) is 0 Å². The Morgan fingerprint density at radius 2 is 2.25 bits per heavy atom. The fraction of sp³-hybridized carbons (Fsp3) is 0.375. The number of nitrogen functional groups attached to an aromatic ring is 1. The van der Waals surface area contributed by atoms with Gasteiger partial charge in [-0.25, -0.2) is 9.97 Å². The van der Waals surface area contributed by atoms with E-state index in [-0.39, 0.29) is 17.6 Å². The number of hydrogen-bond acceptors (Lipinski definition) is 7. The number of anilines is 3. The zero-order valence-corrected chi connectivity index (χ0v) is 13.6. The van der Waals surface area contributed by atoms with Crippen molar-refractivity contribution in [2.24, 2.45) is 5.73 Å². The molecule has 1 aliphatic heterocycles. The maximum Gasteiger partial charge on any atom is 0.278 e.